The molecule has 1 N–H and O–H groups in total. The maximum absolute atomic E-state index is 12.9. The van der Waals surface area contributed by atoms with Gasteiger partial charge in [-0.15, -0.1) is 0 Å². The molecule has 1 aromatic heterocycles. The summed E-state index contributed by atoms with van der Waals surface area (Å²) in [5.41, 5.74) is 2.70. The number of benzene rings is 2. The number of aryl methyl sites for hydroxylation is 1. The Bertz CT molecular complexity index is 1010. The molecule has 5 nitrogen and oxygen atoms in total. The maximum atomic E-state index is 12.9. The Labute approximate surface area is 152 Å². The van der Waals surface area contributed by atoms with Crippen LogP contribution in [0.4, 0.5) is 0 Å². The van der Waals surface area contributed by atoms with E-state index in [1.54, 1.807) is 18.1 Å². The summed E-state index contributed by atoms with van der Waals surface area (Å²) < 4.78 is 5.25. The van der Waals surface area contributed by atoms with Crippen molar-refractivity contribution in [2.24, 2.45) is 0 Å². The number of amides is 1. The zero-order valence-corrected chi connectivity index (χ0v) is 15.2. The number of pyridine rings is 1. The molecule has 26 heavy (non-hydrogen) atoms. The molecule has 0 atom stereocenters. The Morgan fingerprint density at radius 2 is 1.92 bits per heavy atom. The van der Waals surface area contributed by atoms with E-state index >= 15 is 0 Å². The first-order valence-electron chi connectivity index (χ1n) is 8.58. The van der Waals surface area contributed by atoms with Crippen LogP contribution in [0, 0.1) is 6.92 Å². The smallest absolute Gasteiger partial charge is 0.254 e. The molecule has 0 aliphatic carbocycles. The van der Waals surface area contributed by atoms with Crippen LogP contribution in [0.15, 0.2) is 53.3 Å². The first-order chi connectivity index (χ1) is 12.5. The molecule has 0 saturated carbocycles. The summed E-state index contributed by atoms with van der Waals surface area (Å²) in [5.74, 6) is 0.648. The van der Waals surface area contributed by atoms with E-state index in [4.69, 9.17) is 4.74 Å². The molecule has 2 aromatic carbocycles. The third kappa shape index (κ3) is 3.47. The summed E-state index contributed by atoms with van der Waals surface area (Å²) in [5, 5.41) is 0.873. The molecule has 1 heterocycles. The van der Waals surface area contributed by atoms with Gasteiger partial charge in [0, 0.05) is 28.6 Å². The van der Waals surface area contributed by atoms with Crippen molar-refractivity contribution in [1.29, 1.82) is 0 Å². The second kappa shape index (κ2) is 7.44. The van der Waals surface area contributed by atoms with Crippen molar-refractivity contribution in [1.82, 2.24) is 9.88 Å². The standard InChI is InChI=1S/C21H22N2O3/c1-4-23(21(25)18-8-6-5-7-14(18)2)13-16-11-15-12-17(26-3)9-10-19(15)22-20(16)24/h5-12H,4,13H2,1-3H3,(H,22,24). The van der Waals surface area contributed by atoms with Crippen LogP contribution < -0.4 is 10.3 Å². The van der Waals surface area contributed by atoms with Crippen LogP contribution in [0.3, 0.4) is 0 Å². The van der Waals surface area contributed by atoms with E-state index in [0.717, 1.165) is 22.2 Å². The van der Waals surface area contributed by atoms with E-state index in [2.05, 4.69) is 4.98 Å². The van der Waals surface area contributed by atoms with Crippen molar-refractivity contribution in [3.05, 3.63) is 75.6 Å². The molecule has 0 unspecified atom stereocenters. The van der Waals surface area contributed by atoms with E-state index in [1.165, 1.54) is 0 Å². The molecule has 5 heteroatoms. The molecule has 0 bridgehead atoms. The molecular formula is C21H22N2O3. The van der Waals surface area contributed by atoms with E-state index < -0.39 is 0 Å². The molecule has 1 amide bonds. The predicted octanol–water partition coefficient (Wildman–Crippen LogP) is 3.51. The van der Waals surface area contributed by atoms with Gasteiger partial charge in [0.25, 0.3) is 11.5 Å². The number of hydrogen-bond acceptors (Lipinski definition) is 3. The van der Waals surface area contributed by atoms with Crippen molar-refractivity contribution in [3.8, 4) is 5.75 Å². The van der Waals surface area contributed by atoms with Gasteiger partial charge in [-0.2, -0.15) is 0 Å². The Morgan fingerprint density at radius 3 is 2.62 bits per heavy atom. The van der Waals surface area contributed by atoms with Crippen LogP contribution in [0.25, 0.3) is 10.9 Å². The average Bonchev–Trinajstić information content (AvgIpc) is 2.65. The van der Waals surface area contributed by atoms with Crippen molar-refractivity contribution in [2.75, 3.05) is 13.7 Å². The average molecular weight is 350 g/mol. The van der Waals surface area contributed by atoms with Crippen molar-refractivity contribution < 1.29 is 9.53 Å². The van der Waals surface area contributed by atoms with Gasteiger partial charge in [-0.05, 0) is 49.7 Å². The van der Waals surface area contributed by atoms with Crippen LogP contribution in [0.5, 0.6) is 5.75 Å². The molecular weight excluding hydrogens is 328 g/mol. The highest BCUT2D eigenvalue weighted by molar-refractivity contribution is 5.95. The van der Waals surface area contributed by atoms with E-state index in [9.17, 15) is 9.59 Å². The summed E-state index contributed by atoms with van der Waals surface area (Å²) in [4.78, 5) is 29.9. The summed E-state index contributed by atoms with van der Waals surface area (Å²) in [6, 6.07) is 14.8. The molecule has 0 aliphatic rings. The fraction of sp³-hybridized carbons (Fsp3) is 0.238. The highest BCUT2D eigenvalue weighted by Gasteiger charge is 2.17. The van der Waals surface area contributed by atoms with Crippen LogP contribution >= 0.6 is 0 Å². The fourth-order valence-corrected chi connectivity index (χ4v) is 2.99. The number of nitrogens with zero attached hydrogens (tertiary/aromatic N) is 1. The predicted molar refractivity (Wildman–Crippen MR) is 103 cm³/mol. The first kappa shape index (κ1) is 17.7. The number of aromatic amines is 1. The Morgan fingerprint density at radius 1 is 1.15 bits per heavy atom. The van der Waals surface area contributed by atoms with Gasteiger partial charge in [0.05, 0.1) is 13.7 Å². The highest BCUT2D eigenvalue weighted by Crippen LogP contribution is 2.20. The normalized spacial score (nSPS) is 10.7. The van der Waals surface area contributed by atoms with Gasteiger partial charge < -0.3 is 14.6 Å². The number of nitrogens with one attached hydrogen (secondary N) is 1. The van der Waals surface area contributed by atoms with E-state index in [1.807, 2.05) is 56.3 Å². The molecule has 3 aromatic rings. The number of rotatable bonds is 5. The number of ether oxygens (including phenoxy) is 1. The van der Waals surface area contributed by atoms with Gasteiger partial charge in [-0.25, -0.2) is 0 Å². The second-order valence-corrected chi connectivity index (χ2v) is 6.21. The first-order valence-corrected chi connectivity index (χ1v) is 8.58. The Kier molecular flexibility index (Phi) is 5.07. The monoisotopic (exact) mass is 350 g/mol. The lowest BCUT2D eigenvalue weighted by Crippen LogP contribution is -2.33. The number of H-pyrrole nitrogens is 1. The quantitative estimate of drug-likeness (QED) is 0.766. The lowest BCUT2D eigenvalue weighted by atomic mass is 10.1. The molecule has 0 aliphatic heterocycles. The molecule has 0 spiro atoms. The number of methoxy groups -OCH3 is 1. The molecule has 134 valence electrons. The minimum atomic E-state index is -0.182. The van der Waals surface area contributed by atoms with Gasteiger partial charge in [0.15, 0.2) is 0 Å². The summed E-state index contributed by atoms with van der Waals surface area (Å²) in [6.45, 7) is 4.60. The Balaban J connectivity index is 1.95. The minimum Gasteiger partial charge on any atom is -0.497 e. The summed E-state index contributed by atoms with van der Waals surface area (Å²) >= 11 is 0. The second-order valence-electron chi connectivity index (χ2n) is 6.21. The van der Waals surface area contributed by atoms with Crippen LogP contribution in [0.2, 0.25) is 0 Å². The van der Waals surface area contributed by atoms with Crippen LogP contribution in [-0.4, -0.2) is 29.4 Å². The topological polar surface area (TPSA) is 62.4 Å². The maximum Gasteiger partial charge on any atom is 0.254 e. The van der Waals surface area contributed by atoms with Crippen LogP contribution in [0.1, 0.15) is 28.4 Å². The fourth-order valence-electron chi connectivity index (χ4n) is 2.99. The molecule has 3 rings (SSSR count). The number of fused-ring (bicyclic) bond motifs is 1. The molecule has 0 saturated heterocycles. The molecule has 0 radical (unpaired) electrons. The van der Waals surface area contributed by atoms with E-state index in [0.29, 0.717) is 17.7 Å². The summed E-state index contributed by atoms with van der Waals surface area (Å²) in [7, 11) is 1.60. The van der Waals surface area contributed by atoms with Crippen molar-refractivity contribution in [2.45, 2.75) is 20.4 Å². The lowest BCUT2D eigenvalue weighted by Gasteiger charge is -2.21. The van der Waals surface area contributed by atoms with Crippen LogP contribution in [-0.2, 0) is 6.54 Å². The number of aromatic nitrogens is 1. The van der Waals surface area contributed by atoms with Gasteiger partial charge in [-0.3, -0.25) is 9.59 Å². The van der Waals surface area contributed by atoms with Gasteiger partial charge in [0.2, 0.25) is 0 Å². The van der Waals surface area contributed by atoms with Gasteiger partial charge in [0.1, 0.15) is 5.75 Å². The number of hydrogen-bond donors (Lipinski definition) is 1. The van der Waals surface area contributed by atoms with E-state index in [-0.39, 0.29) is 18.0 Å². The third-order valence-electron chi connectivity index (χ3n) is 4.53. The molecule has 0 fully saturated rings. The van der Waals surface area contributed by atoms with Crippen molar-refractivity contribution in [3.63, 3.8) is 0 Å². The Hall–Kier alpha value is -3.08. The zero-order valence-electron chi connectivity index (χ0n) is 15.2. The zero-order chi connectivity index (χ0) is 18.7. The van der Waals surface area contributed by atoms with Gasteiger partial charge in [-0.1, -0.05) is 18.2 Å². The largest absolute Gasteiger partial charge is 0.497 e. The minimum absolute atomic E-state index is 0.0734. The third-order valence-corrected chi connectivity index (χ3v) is 4.53. The van der Waals surface area contributed by atoms with Gasteiger partial charge >= 0.3 is 0 Å². The number of carbonyl (C=O) groups is 1. The number of carbonyl (C=O) groups excluding carboxylic acids is 1. The van der Waals surface area contributed by atoms with Crippen molar-refractivity contribution >= 4 is 16.8 Å². The summed E-state index contributed by atoms with van der Waals surface area (Å²) in [6.07, 6.45) is 0. The lowest BCUT2D eigenvalue weighted by molar-refractivity contribution is 0.0751. The SMILES string of the molecule is CCN(Cc1cc2cc(OC)ccc2[nH]c1=O)C(=O)c1ccccc1C. The highest BCUT2D eigenvalue weighted by atomic mass is 16.5.